The summed E-state index contributed by atoms with van der Waals surface area (Å²) in [6, 6.07) is -0.445. The van der Waals surface area contributed by atoms with E-state index < -0.39 is 17.7 Å². The van der Waals surface area contributed by atoms with E-state index in [1.54, 1.807) is 11.8 Å². The van der Waals surface area contributed by atoms with Crippen LogP contribution < -0.4 is 5.32 Å². The molecule has 0 radical (unpaired) electrons. The molecule has 2 heterocycles. The van der Waals surface area contributed by atoms with Gasteiger partial charge in [-0.3, -0.25) is 14.6 Å². The molecule has 0 unspecified atom stereocenters. The SMILES string of the molecule is CC(C)(C)OC(=O)N1CSC[C@@H]1C(=O)NCCN1CCOCC1. The molecule has 0 aromatic rings. The highest BCUT2D eigenvalue weighted by Gasteiger charge is 2.36. The predicted octanol–water partition coefficient (Wildman–Crippen LogP) is 0.745. The minimum absolute atomic E-state index is 0.103. The Labute approximate surface area is 142 Å². The largest absolute Gasteiger partial charge is 0.444 e. The predicted molar refractivity (Wildman–Crippen MR) is 89.5 cm³/mol. The van der Waals surface area contributed by atoms with Gasteiger partial charge in [0.25, 0.3) is 0 Å². The highest BCUT2D eigenvalue weighted by molar-refractivity contribution is 7.99. The van der Waals surface area contributed by atoms with Crippen molar-refractivity contribution in [3.8, 4) is 0 Å². The van der Waals surface area contributed by atoms with Crippen molar-refractivity contribution in [2.45, 2.75) is 32.4 Å². The van der Waals surface area contributed by atoms with E-state index in [1.807, 2.05) is 20.8 Å². The molecule has 1 N–H and O–H groups in total. The van der Waals surface area contributed by atoms with Crippen molar-refractivity contribution >= 4 is 23.8 Å². The molecule has 2 aliphatic heterocycles. The van der Waals surface area contributed by atoms with Crippen LogP contribution in [0, 0.1) is 0 Å². The number of thioether (sulfide) groups is 1. The standard InChI is InChI=1S/C15H27N3O4S/c1-15(2,3)22-14(20)18-11-23-10-12(18)13(19)16-4-5-17-6-8-21-9-7-17/h12H,4-11H2,1-3H3,(H,16,19)/t12-/m1/s1. The van der Waals surface area contributed by atoms with Gasteiger partial charge in [0.2, 0.25) is 5.91 Å². The molecule has 2 fully saturated rings. The number of hydrogen-bond donors (Lipinski definition) is 1. The average molecular weight is 345 g/mol. The number of carbonyl (C=O) groups is 2. The first-order chi connectivity index (χ1) is 10.9. The molecule has 0 saturated carbocycles. The molecule has 132 valence electrons. The van der Waals surface area contributed by atoms with Crippen LogP contribution in [0.3, 0.4) is 0 Å². The Hall–Kier alpha value is -0.990. The molecule has 0 aromatic heterocycles. The van der Waals surface area contributed by atoms with Crippen LogP contribution in [0.25, 0.3) is 0 Å². The lowest BCUT2D eigenvalue weighted by molar-refractivity contribution is -0.125. The molecule has 23 heavy (non-hydrogen) atoms. The van der Waals surface area contributed by atoms with Gasteiger partial charge in [-0.25, -0.2) is 4.79 Å². The van der Waals surface area contributed by atoms with E-state index in [4.69, 9.17) is 9.47 Å². The molecule has 0 aromatic carbocycles. The van der Waals surface area contributed by atoms with Gasteiger partial charge in [-0.05, 0) is 20.8 Å². The van der Waals surface area contributed by atoms with Crippen LogP contribution in [0.15, 0.2) is 0 Å². The first kappa shape index (κ1) is 18.4. The van der Waals surface area contributed by atoms with Crippen molar-refractivity contribution in [3.63, 3.8) is 0 Å². The zero-order valence-electron chi connectivity index (χ0n) is 14.2. The fraction of sp³-hybridized carbons (Fsp3) is 0.867. The second-order valence-electron chi connectivity index (χ2n) is 6.71. The molecule has 0 bridgehead atoms. The molecule has 0 spiro atoms. The second kappa shape index (κ2) is 8.21. The fourth-order valence-electron chi connectivity index (χ4n) is 2.44. The van der Waals surface area contributed by atoms with E-state index in [1.165, 1.54) is 4.90 Å². The molecular weight excluding hydrogens is 318 g/mol. The number of rotatable bonds is 4. The highest BCUT2D eigenvalue weighted by atomic mass is 32.2. The maximum absolute atomic E-state index is 12.4. The van der Waals surface area contributed by atoms with Gasteiger partial charge in [0.1, 0.15) is 11.6 Å². The Bertz CT molecular complexity index is 421. The van der Waals surface area contributed by atoms with Gasteiger partial charge >= 0.3 is 6.09 Å². The number of nitrogens with one attached hydrogen (secondary N) is 1. The summed E-state index contributed by atoms with van der Waals surface area (Å²) in [5.41, 5.74) is -0.554. The van der Waals surface area contributed by atoms with Gasteiger partial charge in [0.05, 0.1) is 19.1 Å². The van der Waals surface area contributed by atoms with Gasteiger partial charge in [-0.1, -0.05) is 0 Å². The van der Waals surface area contributed by atoms with Gasteiger partial charge < -0.3 is 14.8 Å². The van der Waals surface area contributed by atoms with E-state index in [9.17, 15) is 9.59 Å². The lowest BCUT2D eigenvalue weighted by Gasteiger charge is -2.28. The number of carbonyl (C=O) groups excluding carboxylic acids is 2. The maximum atomic E-state index is 12.4. The van der Waals surface area contributed by atoms with Crippen molar-refractivity contribution in [3.05, 3.63) is 0 Å². The average Bonchev–Trinajstić information content (AvgIpc) is 2.96. The summed E-state index contributed by atoms with van der Waals surface area (Å²) in [6.45, 7) is 10.2. The molecule has 2 saturated heterocycles. The summed E-state index contributed by atoms with van der Waals surface area (Å²) >= 11 is 1.57. The number of ether oxygens (including phenoxy) is 2. The molecule has 7 nitrogen and oxygen atoms in total. The van der Waals surface area contributed by atoms with Gasteiger partial charge in [0, 0.05) is 31.9 Å². The van der Waals surface area contributed by atoms with Crippen molar-refractivity contribution in [2.24, 2.45) is 0 Å². The quantitative estimate of drug-likeness (QED) is 0.811. The molecule has 2 rings (SSSR count). The number of amides is 2. The second-order valence-corrected chi connectivity index (χ2v) is 7.71. The Balaban J connectivity index is 1.77. The van der Waals surface area contributed by atoms with Crippen molar-refractivity contribution < 1.29 is 19.1 Å². The fourth-order valence-corrected chi connectivity index (χ4v) is 3.58. The van der Waals surface area contributed by atoms with Gasteiger partial charge in [0.15, 0.2) is 0 Å². The van der Waals surface area contributed by atoms with Crippen LogP contribution in [-0.4, -0.2) is 84.5 Å². The zero-order valence-corrected chi connectivity index (χ0v) is 15.0. The van der Waals surface area contributed by atoms with Crippen molar-refractivity contribution in [2.75, 3.05) is 51.0 Å². The first-order valence-corrected chi connectivity index (χ1v) is 9.17. The Morgan fingerprint density at radius 1 is 1.30 bits per heavy atom. The number of nitrogens with zero attached hydrogens (tertiary/aromatic N) is 2. The van der Waals surface area contributed by atoms with Crippen LogP contribution in [0.4, 0.5) is 4.79 Å². The third kappa shape index (κ3) is 5.86. The van der Waals surface area contributed by atoms with E-state index in [-0.39, 0.29) is 5.91 Å². The molecule has 8 heteroatoms. The molecule has 2 aliphatic rings. The van der Waals surface area contributed by atoms with Crippen LogP contribution in [0.2, 0.25) is 0 Å². The van der Waals surface area contributed by atoms with Crippen LogP contribution in [-0.2, 0) is 14.3 Å². The molecule has 2 amide bonds. The topological polar surface area (TPSA) is 71.1 Å². The lowest BCUT2D eigenvalue weighted by atomic mass is 10.2. The van der Waals surface area contributed by atoms with Gasteiger partial charge in [-0.2, -0.15) is 0 Å². The molecule has 0 aliphatic carbocycles. The van der Waals surface area contributed by atoms with Crippen LogP contribution in [0.5, 0.6) is 0 Å². The van der Waals surface area contributed by atoms with Crippen molar-refractivity contribution in [1.82, 2.24) is 15.1 Å². The number of morpholine rings is 1. The highest BCUT2D eigenvalue weighted by Crippen LogP contribution is 2.23. The summed E-state index contributed by atoms with van der Waals surface area (Å²) in [5, 5.41) is 2.94. The normalized spacial score (nSPS) is 22.9. The van der Waals surface area contributed by atoms with Crippen LogP contribution >= 0.6 is 11.8 Å². The summed E-state index contributed by atoms with van der Waals surface area (Å²) in [5.74, 6) is 1.01. The summed E-state index contributed by atoms with van der Waals surface area (Å²) in [4.78, 5) is 28.3. The zero-order chi connectivity index (χ0) is 16.9. The molecule has 1 atom stereocenters. The minimum atomic E-state index is -0.554. The van der Waals surface area contributed by atoms with Crippen LogP contribution in [0.1, 0.15) is 20.8 Å². The monoisotopic (exact) mass is 345 g/mol. The van der Waals surface area contributed by atoms with E-state index in [0.717, 1.165) is 32.8 Å². The third-order valence-corrected chi connectivity index (χ3v) is 4.66. The summed E-state index contributed by atoms with van der Waals surface area (Å²) in [7, 11) is 0. The lowest BCUT2D eigenvalue weighted by Crippen LogP contribution is -2.50. The Morgan fingerprint density at radius 2 is 2.00 bits per heavy atom. The van der Waals surface area contributed by atoms with Crippen molar-refractivity contribution in [1.29, 1.82) is 0 Å². The Morgan fingerprint density at radius 3 is 2.65 bits per heavy atom. The summed E-state index contributed by atoms with van der Waals surface area (Å²) < 4.78 is 10.7. The third-order valence-electron chi connectivity index (χ3n) is 3.64. The molecular formula is C15H27N3O4S. The smallest absolute Gasteiger partial charge is 0.411 e. The van der Waals surface area contributed by atoms with E-state index in [0.29, 0.717) is 18.2 Å². The Kier molecular flexibility index (Phi) is 6.55. The van der Waals surface area contributed by atoms with E-state index >= 15 is 0 Å². The van der Waals surface area contributed by atoms with E-state index in [2.05, 4.69) is 10.2 Å². The number of hydrogen-bond acceptors (Lipinski definition) is 6. The van der Waals surface area contributed by atoms with Gasteiger partial charge in [-0.15, -0.1) is 11.8 Å². The minimum Gasteiger partial charge on any atom is -0.444 e. The summed E-state index contributed by atoms with van der Waals surface area (Å²) in [6.07, 6.45) is -0.421. The first-order valence-electron chi connectivity index (χ1n) is 8.02. The maximum Gasteiger partial charge on any atom is 0.411 e.